The summed E-state index contributed by atoms with van der Waals surface area (Å²) in [5.74, 6) is 6.70. The fourth-order valence-electron chi connectivity index (χ4n) is 6.98. The van der Waals surface area contributed by atoms with Gasteiger partial charge < -0.3 is 29.6 Å². The molecule has 0 amide bonds. The Kier molecular flexibility index (Phi) is 9.76. The zero-order valence-electron chi connectivity index (χ0n) is 25.9. The van der Waals surface area contributed by atoms with Crippen LogP contribution in [0.2, 0.25) is 0 Å². The Morgan fingerprint density at radius 3 is 2.49 bits per heavy atom. The van der Waals surface area contributed by atoms with Crippen LogP contribution in [0.5, 0.6) is 5.75 Å². The monoisotopic (exact) mass is 641 g/mol. The number of methoxy groups -OCH3 is 1. The molecular formula is C34H42F3N5O2S. The van der Waals surface area contributed by atoms with E-state index in [4.69, 9.17) is 9.47 Å². The summed E-state index contributed by atoms with van der Waals surface area (Å²) in [6, 6.07) is 14.0. The number of benzene rings is 2. The molecule has 2 aliphatic heterocycles. The number of likely N-dealkylation sites (tertiary alicyclic amines) is 1. The molecule has 0 unspecified atom stereocenters. The Morgan fingerprint density at radius 1 is 1.04 bits per heavy atom. The predicted octanol–water partition coefficient (Wildman–Crippen LogP) is 6.74. The minimum atomic E-state index is -4.37. The maximum absolute atomic E-state index is 13.7. The third kappa shape index (κ3) is 7.51. The molecule has 0 bridgehead atoms. The lowest BCUT2D eigenvalue weighted by Gasteiger charge is -2.49. The SMILES string of the molecule is CNSc1ccc(NCC#Cc2cc3c(NC4CCC(N5CCC6(CC5)COC6)CC4)cccc3n2CC(F)(F)F)c(OC)c1. The third-order valence-electron chi connectivity index (χ3n) is 9.51. The van der Waals surface area contributed by atoms with E-state index < -0.39 is 12.7 Å². The van der Waals surface area contributed by atoms with Gasteiger partial charge >= 0.3 is 6.18 Å². The Balaban J connectivity index is 1.13. The van der Waals surface area contributed by atoms with Crippen molar-refractivity contribution in [3.8, 4) is 17.6 Å². The van der Waals surface area contributed by atoms with Crippen molar-refractivity contribution in [3.05, 3.63) is 48.2 Å². The van der Waals surface area contributed by atoms with Crippen LogP contribution in [0, 0.1) is 17.3 Å². The number of nitrogens with zero attached hydrogens (tertiary/aromatic N) is 2. The van der Waals surface area contributed by atoms with E-state index in [0.29, 0.717) is 34.5 Å². The second-order valence-corrected chi connectivity index (χ2v) is 13.6. The Morgan fingerprint density at radius 2 is 1.82 bits per heavy atom. The average molecular weight is 642 g/mol. The van der Waals surface area contributed by atoms with Crippen LogP contribution in [0.3, 0.4) is 0 Å². The van der Waals surface area contributed by atoms with Crippen molar-refractivity contribution in [1.29, 1.82) is 0 Å². The van der Waals surface area contributed by atoms with Crippen molar-refractivity contribution in [2.24, 2.45) is 5.41 Å². The summed E-state index contributed by atoms with van der Waals surface area (Å²) in [5.41, 5.74) is 2.95. The van der Waals surface area contributed by atoms with E-state index in [1.165, 1.54) is 29.4 Å². The summed E-state index contributed by atoms with van der Waals surface area (Å²) in [4.78, 5) is 3.67. The molecule has 0 atom stereocenters. The molecule has 3 heterocycles. The number of anilines is 2. The predicted molar refractivity (Wildman–Crippen MR) is 175 cm³/mol. The number of alkyl halides is 3. The van der Waals surface area contributed by atoms with E-state index in [1.807, 2.05) is 37.4 Å². The minimum absolute atomic E-state index is 0.253. The van der Waals surface area contributed by atoms with Gasteiger partial charge in [-0.15, -0.1) is 0 Å². The van der Waals surface area contributed by atoms with Gasteiger partial charge in [-0.25, -0.2) is 0 Å². The molecule has 1 aliphatic carbocycles. The highest BCUT2D eigenvalue weighted by molar-refractivity contribution is 7.97. The van der Waals surface area contributed by atoms with Crippen molar-refractivity contribution >= 4 is 34.2 Å². The Labute approximate surface area is 267 Å². The molecule has 2 aromatic carbocycles. The van der Waals surface area contributed by atoms with Crippen LogP contribution in [0.4, 0.5) is 24.5 Å². The van der Waals surface area contributed by atoms with Crippen molar-refractivity contribution < 1.29 is 22.6 Å². The fraction of sp³-hybridized carbons (Fsp3) is 0.529. The van der Waals surface area contributed by atoms with E-state index in [9.17, 15) is 13.2 Å². The standard InChI is InChI=1S/C34H42F3N5O2S/c1-38-45-27-12-13-30(32(20-27)43-2)39-16-4-5-26-19-28-29(6-3-7-31(28)42(26)21-34(35,36)37)40-24-8-10-25(11-9-24)41-17-14-33(15-18-41)22-44-23-33/h3,6-7,12-13,19-20,24-25,38-40H,8-11,14-18,21-23H2,1-2H3. The van der Waals surface area contributed by atoms with Crippen molar-refractivity contribution in [3.63, 3.8) is 0 Å². The minimum Gasteiger partial charge on any atom is -0.495 e. The van der Waals surface area contributed by atoms with E-state index in [2.05, 4.69) is 32.1 Å². The van der Waals surface area contributed by atoms with Crippen LogP contribution in [0.25, 0.3) is 10.9 Å². The van der Waals surface area contributed by atoms with Crippen LogP contribution < -0.4 is 20.1 Å². The van der Waals surface area contributed by atoms with Crippen LogP contribution in [-0.2, 0) is 11.3 Å². The van der Waals surface area contributed by atoms with E-state index in [-0.39, 0.29) is 6.54 Å². The van der Waals surface area contributed by atoms with Crippen LogP contribution in [0.15, 0.2) is 47.4 Å². The lowest BCUT2D eigenvalue weighted by Crippen LogP contribution is -2.53. The van der Waals surface area contributed by atoms with Gasteiger partial charge in [0, 0.05) is 33.5 Å². The molecule has 1 spiro atoms. The normalized spacial score (nSPS) is 21.6. The molecular weight excluding hydrogens is 599 g/mol. The molecule has 3 aromatic rings. The van der Waals surface area contributed by atoms with Gasteiger partial charge in [0.25, 0.3) is 0 Å². The molecule has 45 heavy (non-hydrogen) atoms. The number of piperidine rings is 1. The summed E-state index contributed by atoms with van der Waals surface area (Å²) >= 11 is 1.48. The molecule has 1 aromatic heterocycles. The van der Waals surface area contributed by atoms with Crippen LogP contribution in [-0.4, -0.2) is 74.7 Å². The average Bonchev–Trinajstić information content (AvgIpc) is 3.36. The zero-order chi connectivity index (χ0) is 31.4. The summed E-state index contributed by atoms with van der Waals surface area (Å²) in [7, 11) is 3.44. The lowest BCUT2D eigenvalue weighted by atomic mass is 9.76. The maximum atomic E-state index is 13.7. The molecule has 1 saturated carbocycles. The lowest BCUT2D eigenvalue weighted by molar-refractivity contribution is -0.143. The zero-order valence-corrected chi connectivity index (χ0v) is 26.8. The van der Waals surface area contributed by atoms with Gasteiger partial charge in [-0.1, -0.05) is 12.0 Å². The number of hydrogen-bond acceptors (Lipinski definition) is 7. The molecule has 7 nitrogen and oxygen atoms in total. The largest absolute Gasteiger partial charge is 0.495 e. The highest BCUT2D eigenvalue weighted by Gasteiger charge is 2.42. The molecule has 242 valence electrons. The second-order valence-electron chi connectivity index (χ2n) is 12.5. The van der Waals surface area contributed by atoms with Gasteiger partial charge in [-0.3, -0.25) is 4.72 Å². The number of ether oxygens (including phenoxy) is 2. The molecule has 3 N–H and O–H groups in total. The second kappa shape index (κ2) is 13.8. The number of fused-ring (bicyclic) bond motifs is 1. The van der Waals surface area contributed by atoms with Gasteiger partial charge in [0.05, 0.1) is 43.8 Å². The topological polar surface area (TPSA) is 62.7 Å². The highest BCUT2D eigenvalue weighted by Crippen LogP contribution is 2.40. The van der Waals surface area contributed by atoms with E-state index >= 15 is 0 Å². The molecule has 3 aliphatic rings. The molecule has 2 saturated heterocycles. The van der Waals surface area contributed by atoms with Gasteiger partial charge in [0.15, 0.2) is 0 Å². The highest BCUT2D eigenvalue weighted by atomic mass is 32.2. The third-order valence-corrected chi connectivity index (χ3v) is 10.2. The first-order valence-corrected chi connectivity index (χ1v) is 16.6. The Bertz CT molecular complexity index is 1530. The number of hydrogen-bond donors (Lipinski definition) is 3. The fourth-order valence-corrected chi connectivity index (χ4v) is 7.52. The molecule has 0 radical (unpaired) electrons. The van der Waals surface area contributed by atoms with Gasteiger partial charge in [0.1, 0.15) is 12.3 Å². The first-order chi connectivity index (χ1) is 21.8. The Hall–Kier alpha value is -3.04. The molecule has 11 heteroatoms. The summed E-state index contributed by atoms with van der Waals surface area (Å²) < 4.78 is 56.4. The van der Waals surface area contributed by atoms with Crippen LogP contribution >= 0.6 is 11.9 Å². The maximum Gasteiger partial charge on any atom is 0.406 e. The number of halogens is 3. The summed E-state index contributed by atoms with van der Waals surface area (Å²) in [6.45, 7) is 3.34. The summed E-state index contributed by atoms with van der Waals surface area (Å²) in [5, 5.41) is 7.68. The van der Waals surface area contributed by atoms with E-state index in [1.54, 1.807) is 19.2 Å². The van der Waals surface area contributed by atoms with Gasteiger partial charge in [-0.2, -0.15) is 13.2 Å². The number of nitrogens with one attached hydrogen (secondary N) is 3. The van der Waals surface area contributed by atoms with Gasteiger partial charge in [0.2, 0.25) is 0 Å². The first kappa shape index (κ1) is 31.9. The van der Waals surface area contributed by atoms with E-state index in [0.717, 1.165) is 73.6 Å². The smallest absolute Gasteiger partial charge is 0.406 e. The first-order valence-electron chi connectivity index (χ1n) is 15.8. The number of aromatic nitrogens is 1. The van der Waals surface area contributed by atoms with Gasteiger partial charge in [-0.05, 0) is 113 Å². The quantitative estimate of drug-likeness (QED) is 0.177. The van der Waals surface area contributed by atoms with Crippen molar-refractivity contribution in [2.75, 3.05) is 57.6 Å². The van der Waals surface area contributed by atoms with Crippen molar-refractivity contribution in [1.82, 2.24) is 14.2 Å². The van der Waals surface area contributed by atoms with Crippen molar-refractivity contribution in [2.45, 2.75) is 68.2 Å². The molecule has 6 rings (SSSR count). The summed E-state index contributed by atoms with van der Waals surface area (Å²) in [6.07, 6.45) is 2.47. The number of rotatable bonds is 9. The molecule has 3 fully saturated rings. The van der Waals surface area contributed by atoms with Crippen LogP contribution in [0.1, 0.15) is 44.2 Å².